The number of anilines is 1. The number of rotatable bonds is 5. The van der Waals surface area contributed by atoms with Crippen LogP contribution < -0.4 is 11.1 Å². The highest BCUT2D eigenvalue weighted by molar-refractivity contribution is 6.02. The van der Waals surface area contributed by atoms with Crippen LogP contribution in [0.5, 0.6) is 0 Å². The van der Waals surface area contributed by atoms with Crippen molar-refractivity contribution in [1.82, 2.24) is 4.57 Å². The van der Waals surface area contributed by atoms with Crippen LogP contribution in [0.15, 0.2) is 48.8 Å². The molecule has 0 saturated carbocycles. The van der Waals surface area contributed by atoms with Crippen LogP contribution >= 0.6 is 0 Å². The van der Waals surface area contributed by atoms with Crippen LogP contribution in [0, 0.1) is 0 Å². The number of carbonyl (C=O) groups excluding carboxylic acids is 2. The normalized spacial score (nSPS) is 10.1. The van der Waals surface area contributed by atoms with Crippen molar-refractivity contribution >= 4 is 17.5 Å². The average molecular weight is 257 g/mol. The number of nitrogens with two attached hydrogens (primary N) is 1. The number of aryl methyl sites for hydroxylation is 1. The number of nitrogens with one attached hydrogen (secondary N) is 1. The standard InChI is InChI=1S/C14H15N3O2/c15-14(19)11-5-1-2-6-12(11)16-13(18)7-10-17-8-3-4-9-17/h1-6,8-9H,7,10H2,(H2,15,19)(H,16,18). The summed E-state index contributed by atoms with van der Waals surface area (Å²) in [5.41, 5.74) is 6.01. The van der Waals surface area contributed by atoms with E-state index in [0.717, 1.165) is 0 Å². The van der Waals surface area contributed by atoms with Crippen molar-refractivity contribution in [3.63, 3.8) is 0 Å². The van der Waals surface area contributed by atoms with Crippen LogP contribution in [0.3, 0.4) is 0 Å². The first-order chi connectivity index (χ1) is 9.16. The van der Waals surface area contributed by atoms with Gasteiger partial charge >= 0.3 is 0 Å². The fourth-order valence-electron chi connectivity index (χ4n) is 1.77. The summed E-state index contributed by atoms with van der Waals surface area (Å²) in [7, 11) is 0. The predicted octanol–water partition coefficient (Wildman–Crippen LogP) is 1.62. The molecule has 5 nitrogen and oxygen atoms in total. The molecular weight excluding hydrogens is 242 g/mol. The zero-order chi connectivity index (χ0) is 13.7. The van der Waals surface area contributed by atoms with Crippen LogP contribution in [0.4, 0.5) is 5.69 Å². The number of primary amides is 1. The van der Waals surface area contributed by atoms with Crippen molar-refractivity contribution in [3.05, 3.63) is 54.4 Å². The SMILES string of the molecule is NC(=O)c1ccccc1NC(=O)CCn1cccc1. The quantitative estimate of drug-likeness (QED) is 0.853. The highest BCUT2D eigenvalue weighted by Gasteiger charge is 2.09. The molecule has 0 fully saturated rings. The molecule has 1 aromatic carbocycles. The van der Waals surface area contributed by atoms with Crippen LogP contribution in [0.2, 0.25) is 0 Å². The number of benzene rings is 1. The van der Waals surface area contributed by atoms with Gasteiger partial charge in [0, 0.05) is 25.4 Å². The Kier molecular flexibility index (Phi) is 3.97. The Morgan fingerprint density at radius 2 is 1.79 bits per heavy atom. The molecule has 19 heavy (non-hydrogen) atoms. The first-order valence-electron chi connectivity index (χ1n) is 5.96. The zero-order valence-corrected chi connectivity index (χ0v) is 10.4. The molecular formula is C14H15N3O2. The summed E-state index contributed by atoms with van der Waals surface area (Å²) in [6.07, 6.45) is 4.12. The summed E-state index contributed by atoms with van der Waals surface area (Å²) in [6, 6.07) is 10.5. The third kappa shape index (κ3) is 3.45. The summed E-state index contributed by atoms with van der Waals surface area (Å²) in [5, 5.41) is 2.70. The van der Waals surface area contributed by atoms with E-state index in [1.165, 1.54) is 0 Å². The molecule has 98 valence electrons. The Morgan fingerprint density at radius 1 is 1.11 bits per heavy atom. The molecule has 1 heterocycles. The second-order valence-corrected chi connectivity index (χ2v) is 4.13. The highest BCUT2D eigenvalue weighted by Crippen LogP contribution is 2.14. The molecule has 0 aliphatic carbocycles. The summed E-state index contributed by atoms with van der Waals surface area (Å²) in [6.45, 7) is 0.595. The van der Waals surface area contributed by atoms with Crippen molar-refractivity contribution in [1.29, 1.82) is 0 Å². The van der Waals surface area contributed by atoms with E-state index >= 15 is 0 Å². The van der Waals surface area contributed by atoms with E-state index in [-0.39, 0.29) is 5.91 Å². The Balaban J connectivity index is 1.97. The number of nitrogens with zero attached hydrogens (tertiary/aromatic N) is 1. The molecule has 0 bridgehead atoms. The van der Waals surface area contributed by atoms with Gasteiger partial charge in [0.1, 0.15) is 0 Å². The third-order valence-electron chi connectivity index (χ3n) is 2.73. The van der Waals surface area contributed by atoms with Crippen LogP contribution in [-0.4, -0.2) is 16.4 Å². The third-order valence-corrected chi connectivity index (χ3v) is 2.73. The number of carbonyl (C=O) groups is 2. The summed E-state index contributed by atoms with van der Waals surface area (Å²) < 4.78 is 1.92. The van der Waals surface area contributed by atoms with E-state index in [1.54, 1.807) is 24.3 Å². The van der Waals surface area contributed by atoms with Crippen LogP contribution in [-0.2, 0) is 11.3 Å². The molecule has 2 amide bonds. The van der Waals surface area contributed by atoms with Crippen LogP contribution in [0.1, 0.15) is 16.8 Å². The lowest BCUT2D eigenvalue weighted by atomic mass is 10.1. The molecule has 1 aromatic heterocycles. The van der Waals surface area contributed by atoms with Crippen molar-refractivity contribution in [2.45, 2.75) is 13.0 Å². The number of para-hydroxylation sites is 1. The Bertz CT molecular complexity index is 576. The minimum atomic E-state index is -0.554. The van der Waals surface area contributed by atoms with Gasteiger partial charge in [0.2, 0.25) is 5.91 Å². The fraction of sp³-hybridized carbons (Fsp3) is 0.143. The molecule has 3 N–H and O–H groups in total. The van der Waals surface area contributed by atoms with Gasteiger partial charge in [-0.25, -0.2) is 0 Å². The van der Waals surface area contributed by atoms with Gasteiger partial charge < -0.3 is 15.6 Å². The molecule has 0 saturated heterocycles. The molecule has 0 unspecified atom stereocenters. The first kappa shape index (κ1) is 12.9. The molecule has 0 radical (unpaired) electrons. The van der Waals surface area contributed by atoms with E-state index in [4.69, 9.17) is 5.73 Å². The summed E-state index contributed by atoms with van der Waals surface area (Å²) in [4.78, 5) is 23.0. The molecule has 0 atom stereocenters. The van der Waals surface area contributed by atoms with Gasteiger partial charge in [-0.15, -0.1) is 0 Å². The minimum Gasteiger partial charge on any atom is -0.366 e. The molecule has 2 rings (SSSR count). The minimum absolute atomic E-state index is 0.151. The monoisotopic (exact) mass is 257 g/mol. The second-order valence-electron chi connectivity index (χ2n) is 4.13. The molecule has 0 spiro atoms. The maximum Gasteiger partial charge on any atom is 0.250 e. The van der Waals surface area contributed by atoms with E-state index in [0.29, 0.717) is 24.2 Å². The lowest BCUT2D eigenvalue weighted by Gasteiger charge is -2.09. The van der Waals surface area contributed by atoms with E-state index < -0.39 is 5.91 Å². The van der Waals surface area contributed by atoms with Gasteiger partial charge in [-0.05, 0) is 24.3 Å². The van der Waals surface area contributed by atoms with Gasteiger partial charge in [0.05, 0.1) is 11.3 Å². The van der Waals surface area contributed by atoms with E-state index in [1.807, 2.05) is 29.1 Å². The highest BCUT2D eigenvalue weighted by atomic mass is 16.2. The number of hydrogen-bond donors (Lipinski definition) is 2. The van der Waals surface area contributed by atoms with Crippen molar-refractivity contribution in [3.8, 4) is 0 Å². The van der Waals surface area contributed by atoms with Crippen LogP contribution in [0.25, 0.3) is 0 Å². The summed E-state index contributed by atoms with van der Waals surface area (Å²) >= 11 is 0. The average Bonchev–Trinajstić information content (AvgIpc) is 2.90. The lowest BCUT2D eigenvalue weighted by Crippen LogP contribution is -2.19. The Hall–Kier alpha value is -2.56. The van der Waals surface area contributed by atoms with Crippen molar-refractivity contribution in [2.75, 3.05) is 5.32 Å². The zero-order valence-electron chi connectivity index (χ0n) is 10.4. The van der Waals surface area contributed by atoms with Gasteiger partial charge in [-0.3, -0.25) is 9.59 Å². The van der Waals surface area contributed by atoms with Gasteiger partial charge in [0.15, 0.2) is 0 Å². The number of hydrogen-bond acceptors (Lipinski definition) is 2. The Labute approximate surface area is 111 Å². The smallest absolute Gasteiger partial charge is 0.250 e. The maximum atomic E-state index is 11.8. The predicted molar refractivity (Wildman–Crippen MR) is 72.6 cm³/mol. The van der Waals surface area contributed by atoms with Crippen molar-refractivity contribution < 1.29 is 9.59 Å². The molecule has 0 aliphatic rings. The van der Waals surface area contributed by atoms with E-state index in [9.17, 15) is 9.59 Å². The topological polar surface area (TPSA) is 77.1 Å². The maximum absolute atomic E-state index is 11.8. The summed E-state index contributed by atoms with van der Waals surface area (Å²) in [5.74, 6) is -0.705. The van der Waals surface area contributed by atoms with Gasteiger partial charge in [0.25, 0.3) is 5.91 Å². The van der Waals surface area contributed by atoms with E-state index in [2.05, 4.69) is 5.32 Å². The first-order valence-corrected chi connectivity index (χ1v) is 5.96. The number of aromatic nitrogens is 1. The fourth-order valence-corrected chi connectivity index (χ4v) is 1.77. The Morgan fingerprint density at radius 3 is 2.47 bits per heavy atom. The molecule has 2 aromatic rings. The molecule has 0 aliphatic heterocycles. The second kappa shape index (κ2) is 5.86. The lowest BCUT2D eigenvalue weighted by molar-refractivity contribution is -0.116. The van der Waals surface area contributed by atoms with Crippen molar-refractivity contribution in [2.24, 2.45) is 5.73 Å². The number of amides is 2. The van der Waals surface area contributed by atoms with Gasteiger partial charge in [-0.1, -0.05) is 12.1 Å². The van der Waals surface area contributed by atoms with Gasteiger partial charge in [-0.2, -0.15) is 0 Å². The largest absolute Gasteiger partial charge is 0.366 e. The molecule has 5 heteroatoms.